The van der Waals surface area contributed by atoms with E-state index in [-0.39, 0.29) is 11.9 Å². The predicted molar refractivity (Wildman–Crippen MR) is 133 cm³/mol. The van der Waals surface area contributed by atoms with Crippen LogP contribution in [0.15, 0.2) is 41.3 Å². The molecule has 0 bridgehead atoms. The van der Waals surface area contributed by atoms with Gasteiger partial charge in [-0.05, 0) is 31.4 Å². The van der Waals surface area contributed by atoms with Crippen molar-refractivity contribution in [2.24, 2.45) is 10.9 Å². The topological polar surface area (TPSA) is 51.1 Å². The van der Waals surface area contributed by atoms with Crippen LogP contribution in [0.4, 0.5) is 5.69 Å². The van der Waals surface area contributed by atoms with Crippen LogP contribution in [-0.4, -0.2) is 25.3 Å². The van der Waals surface area contributed by atoms with Gasteiger partial charge in [-0.25, -0.2) is 4.99 Å². The highest BCUT2D eigenvalue weighted by Crippen LogP contribution is 2.25. The monoisotopic (exact) mass is 442 g/mol. The average Bonchev–Trinajstić information content (AvgIpc) is 2.81. The number of anilines is 1. The summed E-state index contributed by atoms with van der Waals surface area (Å²) in [6, 6.07) is 8.06. The van der Waals surface area contributed by atoms with Gasteiger partial charge in [0.2, 0.25) is 5.88 Å². The lowest BCUT2D eigenvalue weighted by atomic mass is 9.99. The number of hydrogen-bond acceptors (Lipinski definition) is 5. The molecule has 0 atom stereocenters. The van der Waals surface area contributed by atoms with Crippen LogP contribution in [0.2, 0.25) is 0 Å². The van der Waals surface area contributed by atoms with Crippen molar-refractivity contribution >= 4 is 17.9 Å². The zero-order chi connectivity index (χ0) is 23.0. The minimum Gasteiger partial charge on any atom is -0.494 e. The molecule has 1 aliphatic heterocycles. The van der Waals surface area contributed by atoms with Gasteiger partial charge in [0, 0.05) is 18.0 Å². The van der Waals surface area contributed by atoms with Gasteiger partial charge in [-0.1, -0.05) is 78.2 Å². The first kappa shape index (κ1) is 26.0. The first-order chi connectivity index (χ1) is 15.7. The molecule has 0 amide bonds. The van der Waals surface area contributed by atoms with Crippen molar-refractivity contribution in [3.05, 3.63) is 36.3 Å². The van der Waals surface area contributed by atoms with Gasteiger partial charge in [0.05, 0.1) is 25.3 Å². The molecule has 2 rings (SSSR count). The van der Waals surface area contributed by atoms with Crippen molar-refractivity contribution in [1.82, 2.24) is 0 Å². The lowest BCUT2D eigenvalue weighted by molar-refractivity contribution is -0.144. The highest BCUT2D eigenvalue weighted by Gasteiger charge is 2.21. The van der Waals surface area contributed by atoms with Crippen molar-refractivity contribution in [1.29, 1.82) is 0 Å². The number of ether oxygens (including phenoxy) is 2. The largest absolute Gasteiger partial charge is 0.494 e. The Hall–Kier alpha value is -2.30. The third-order valence-corrected chi connectivity index (χ3v) is 5.74. The molecule has 0 radical (unpaired) electrons. The number of benzene rings is 1. The molecule has 1 aliphatic rings. The van der Waals surface area contributed by atoms with E-state index in [0.717, 1.165) is 50.1 Å². The van der Waals surface area contributed by atoms with E-state index in [1.807, 2.05) is 35.4 Å². The highest BCUT2D eigenvalue weighted by atomic mass is 16.5. The van der Waals surface area contributed by atoms with Gasteiger partial charge in [-0.3, -0.25) is 4.79 Å². The maximum atomic E-state index is 12.6. The molecule has 0 saturated heterocycles. The standard InChI is InChI=1S/C27H42N2O3/c1-4-7-8-9-10-11-12-20-31-25-17-13-16-24(21-25)29-19-18-28-26(22-29)32-27(30)23(14-5-2)15-6-3/h13,16-18,21-23H,4-12,14-15,19-20H2,1-3H3. The Bertz CT molecular complexity index is 723. The fraction of sp³-hybridized carbons (Fsp3) is 0.630. The lowest BCUT2D eigenvalue weighted by Crippen LogP contribution is -2.25. The van der Waals surface area contributed by atoms with Gasteiger partial charge >= 0.3 is 5.97 Å². The summed E-state index contributed by atoms with van der Waals surface area (Å²) in [6.07, 6.45) is 16.2. The fourth-order valence-corrected chi connectivity index (χ4v) is 3.94. The molecule has 1 heterocycles. The summed E-state index contributed by atoms with van der Waals surface area (Å²) < 4.78 is 11.6. The number of unbranched alkanes of at least 4 members (excludes halogenated alkanes) is 6. The third-order valence-electron chi connectivity index (χ3n) is 5.74. The molecule has 0 aromatic heterocycles. The first-order valence-electron chi connectivity index (χ1n) is 12.6. The van der Waals surface area contributed by atoms with Crippen LogP contribution in [-0.2, 0) is 9.53 Å². The van der Waals surface area contributed by atoms with E-state index in [2.05, 4.69) is 25.8 Å². The van der Waals surface area contributed by atoms with E-state index in [1.54, 1.807) is 6.21 Å². The Labute approximate surface area is 194 Å². The van der Waals surface area contributed by atoms with Crippen LogP contribution in [0, 0.1) is 5.92 Å². The van der Waals surface area contributed by atoms with Crippen molar-refractivity contribution < 1.29 is 14.3 Å². The zero-order valence-electron chi connectivity index (χ0n) is 20.4. The summed E-state index contributed by atoms with van der Waals surface area (Å²) >= 11 is 0. The van der Waals surface area contributed by atoms with Gasteiger partial charge in [0.1, 0.15) is 5.75 Å². The van der Waals surface area contributed by atoms with E-state index in [4.69, 9.17) is 9.47 Å². The molecule has 5 heteroatoms. The van der Waals surface area contributed by atoms with E-state index in [0.29, 0.717) is 12.4 Å². The number of hydrogen-bond donors (Lipinski definition) is 0. The van der Waals surface area contributed by atoms with Crippen molar-refractivity contribution in [3.63, 3.8) is 0 Å². The van der Waals surface area contributed by atoms with Gasteiger partial charge in [-0.2, -0.15) is 0 Å². The molecule has 5 nitrogen and oxygen atoms in total. The summed E-state index contributed by atoms with van der Waals surface area (Å²) in [7, 11) is 0. The van der Waals surface area contributed by atoms with Crippen LogP contribution in [0.5, 0.6) is 5.75 Å². The van der Waals surface area contributed by atoms with Crippen LogP contribution in [0.25, 0.3) is 0 Å². The Morgan fingerprint density at radius 1 is 1.00 bits per heavy atom. The molecular weight excluding hydrogens is 400 g/mol. The Kier molecular flexibility index (Phi) is 12.6. The van der Waals surface area contributed by atoms with Crippen LogP contribution >= 0.6 is 0 Å². The molecule has 178 valence electrons. The van der Waals surface area contributed by atoms with Crippen molar-refractivity contribution in [2.45, 2.75) is 91.4 Å². The molecular formula is C27H42N2O3. The molecule has 1 aromatic carbocycles. The van der Waals surface area contributed by atoms with Gasteiger partial charge in [0.15, 0.2) is 0 Å². The normalized spacial score (nSPS) is 13.4. The molecule has 0 unspecified atom stereocenters. The Morgan fingerprint density at radius 3 is 2.44 bits per heavy atom. The number of carbonyl (C=O) groups is 1. The summed E-state index contributed by atoms with van der Waals surface area (Å²) in [5.74, 6) is 0.993. The smallest absolute Gasteiger partial charge is 0.315 e. The molecule has 0 spiro atoms. The van der Waals surface area contributed by atoms with E-state index < -0.39 is 0 Å². The SMILES string of the molecule is CCCCCCCCCOc1cccc(N2C=C(OC(=O)C(CCC)CCC)N=CC2)c1. The minimum atomic E-state index is -0.175. The maximum Gasteiger partial charge on any atom is 0.315 e. The number of carbonyl (C=O) groups excluding carboxylic acids is 1. The molecule has 32 heavy (non-hydrogen) atoms. The first-order valence-corrected chi connectivity index (χ1v) is 12.6. The van der Waals surface area contributed by atoms with Crippen molar-refractivity contribution in [3.8, 4) is 5.75 Å². The number of esters is 1. The molecule has 0 N–H and O–H groups in total. The fourth-order valence-electron chi connectivity index (χ4n) is 3.94. The molecule has 0 saturated carbocycles. The van der Waals surface area contributed by atoms with Gasteiger partial charge in [-0.15, -0.1) is 0 Å². The molecule has 1 aromatic rings. The quantitative estimate of drug-likeness (QED) is 0.200. The summed E-state index contributed by atoms with van der Waals surface area (Å²) in [5, 5.41) is 0. The second kappa shape index (κ2) is 15.5. The van der Waals surface area contributed by atoms with Crippen LogP contribution in [0.3, 0.4) is 0 Å². The molecule has 0 fully saturated rings. The molecule has 0 aliphatic carbocycles. The van der Waals surface area contributed by atoms with E-state index >= 15 is 0 Å². The number of aliphatic imine (C=N–C) groups is 1. The number of rotatable bonds is 16. The van der Waals surface area contributed by atoms with Gasteiger partial charge < -0.3 is 14.4 Å². The Balaban J connectivity index is 1.85. The predicted octanol–water partition coefficient (Wildman–Crippen LogP) is 7.27. The summed E-state index contributed by atoms with van der Waals surface area (Å²) in [5.41, 5.74) is 1.00. The van der Waals surface area contributed by atoms with Gasteiger partial charge in [0.25, 0.3) is 0 Å². The third kappa shape index (κ3) is 9.46. The van der Waals surface area contributed by atoms with Crippen LogP contribution in [0.1, 0.15) is 91.4 Å². The van der Waals surface area contributed by atoms with Crippen LogP contribution < -0.4 is 9.64 Å². The second-order valence-electron chi connectivity index (χ2n) is 8.59. The minimum absolute atomic E-state index is 0.0557. The average molecular weight is 443 g/mol. The lowest BCUT2D eigenvalue weighted by Gasteiger charge is -2.23. The summed E-state index contributed by atoms with van der Waals surface area (Å²) in [6.45, 7) is 7.82. The van der Waals surface area contributed by atoms with Crippen molar-refractivity contribution in [2.75, 3.05) is 18.1 Å². The number of nitrogens with zero attached hydrogens (tertiary/aromatic N) is 2. The summed E-state index contributed by atoms with van der Waals surface area (Å²) in [4.78, 5) is 18.9. The highest BCUT2D eigenvalue weighted by molar-refractivity contribution is 5.75. The van der Waals surface area contributed by atoms with E-state index in [9.17, 15) is 4.79 Å². The van der Waals surface area contributed by atoms with E-state index in [1.165, 1.54) is 38.5 Å². The zero-order valence-corrected chi connectivity index (χ0v) is 20.4. The second-order valence-corrected chi connectivity index (χ2v) is 8.59. The Morgan fingerprint density at radius 2 is 1.72 bits per heavy atom. The maximum absolute atomic E-state index is 12.6.